The third-order valence-corrected chi connectivity index (χ3v) is 6.53. The maximum atomic E-state index is 13.0. The molecule has 0 spiro atoms. The lowest BCUT2D eigenvalue weighted by atomic mass is 10.0. The normalized spacial score (nSPS) is 28.2. The molecule has 3 rings (SSSR count). The molecule has 24 heavy (non-hydrogen) atoms. The van der Waals surface area contributed by atoms with Crippen LogP contribution in [0.3, 0.4) is 0 Å². The lowest BCUT2D eigenvalue weighted by molar-refractivity contribution is 0.268. The number of benzene rings is 1. The van der Waals surface area contributed by atoms with E-state index in [1.54, 1.807) is 40.8 Å². The maximum absolute atomic E-state index is 13.0. The molecule has 0 aliphatic carbocycles. The highest BCUT2D eigenvalue weighted by Crippen LogP contribution is 2.29. The summed E-state index contributed by atoms with van der Waals surface area (Å²) in [6.45, 7) is 2.50. The van der Waals surface area contributed by atoms with E-state index in [2.05, 4.69) is 10.3 Å². The molecule has 2 heterocycles. The van der Waals surface area contributed by atoms with E-state index in [1.807, 2.05) is 6.92 Å². The number of hydrogen-bond acceptors (Lipinski definition) is 6. The second-order valence-corrected chi connectivity index (χ2v) is 8.18. The minimum absolute atomic E-state index is 0.00619. The second-order valence-electron chi connectivity index (χ2n) is 6.29. The molecule has 0 aromatic heterocycles. The zero-order valence-corrected chi connectivity index (χ0v) is 14.5. The first-order valence-electron chi connectivity index (χ1n) is 8.04. The summed E-state index contributed by atoms with van der Waals surface area (Å²) in [4.78, 5) is 4.44. The molecule has 2 atom stereocenters. The van der Waals surface area contributed by atoms with Crippen molar-refractivity contribution < 1.29 is 8.42 Å². The molecular weight excluding hydrogens is 326 g/mol. The third-order valence-electron chi connectivity index (χ3n) is 4.52. The highest BCUT2D eigenvalue weighted by atomic mass is 32.2. The molecule has 2 aliphatic rings. The van der Waals surface area contributed by atoms with Crippen LogP contribution in [0, 0.1) is 0 Å². The largest absolute Gasteiger partial charge is 0.370 e. The monoisotopic (exact) mass is 349 g/mol. The molecule has 5 N–H and O–H groups in total. The number of nitrogens with two attached hydrogens (primary N) is 2. The highest BCUT2D eigenvalue weighted by molar-refractivity contribution is 7.89. The number of hydrogen-bond donors (Lipinski definition) is 3. The molecule has 1 saturated heterocycles. The summed E-state index contributed by atoms with van der Waals surface area (Å²) in [7, 11) is -3.55. The van der Waals surface area contributed by atoms with Crippen molar-refractivity contribution in [2.45, 2.75) is 42.8 Å². The lowest BCUT2D eigenvalue weighted by Gasteiger charge is -2.32. The topological polar surface area (TPSA) is 114 Å². The molecule has 1 aromatic rings. The fourth-order valence-electron chi connectivity index (χ4n) is 3.15. The molecule has 0 radical (unpaired) electrons. The summed E-state index contributed by atoms with van der Waals surface area (Å²) in [5.74, 6) is 0.193. The Labute approximate surface area is 142 Å². The van der Waals surface area contributed by atoms with Gasteiger partial charge in [-0.2, -0.15) is 4.31 Å². The van der Waals surface area contributed by atoms with Crippen molar-refractivity contribution in [2.24, 2.45) is 16.5 Å². The van der Waals surface area contributed by atoms with Gasteiger partial charge in [0.1, 0.15) is 0 Å². The van der Waals surface area contributed by atoms with E-state index < -0.39 is 15.7 Å². The molecule has 1 fully saturated rings. The molecule has 2 aliphatic heterocycles. The van der Waals surface area contributed by atoms with Crippen LogP contribution in [-0.2, 0) is 15.7 Å². The predicted molar refractivity (Wildman–Crippen MR) is 93.4 cm³/mol. The minimum atomic E-state index is -3.55. The number of aliphatic imine (C=N–C) groups is 1. The first-order chi connectivity index (χ1) is 11.3. The SMILES string of the molecule is CC1CCCCN1S(=O)(=O)c1cccc(C2(N)C=CNC(N)=N2)c1. The van der Waals surface area contributed by atoms with Gasteiger partial charge in [-0.3, -0.25) is 5.73 Å². The van der Waals surface area contributed by atoms with Crippen molar-refractivity contribution in [3.05, 3.63) is 42.1 Å². The second kappa shape index (κ2) is 6.19. The van der Waals surface area contributed by atoms with E-state index in [1.165, 1.54) is 0 Å². The molecule has 0 amide bonds. The van der Waals surface area contributed by atoms with Crippen molar-refractivity contribution in [3.63, 3.8) is 0 Å². The standard InChI is InChI=1S/C16H23N5O2S/c1-12-5-2-3-10-21(12)24(22,23)14-7-4-6-13(11-14)16(18)8-9-19-15(17)20-16/h4,6-9,11-12H,2-3,5,10,18H2,1H3,(H3,17,19,20). The molecule has 0 saturated carbocycles. The number of piperidine rings is 1. The van der Waals surface area contributed by atoms with Gasteiger partial charge in [-0.1, -0.05) is 18.6 Å². The van der Waals surface area contributed by atoms with Gasteiger partial charge in [0.25, 0.3) is 0 Å². The van der Waals surface area contributed by atoms with E-state index in [0.717, 1.165) is 19.3 Å². The number of nitrogens with one attached hydrogen (secondary N) is 1. The Morgan fingerprint density at radius 2 is 2.17 bits per heavy atom. The van der Waals surface area contributed by atoms with Gasteiger partial charge in [0, 0.05) is 18.8 Å². The van der Waals surface area contributed by atoms with Crippen LogP contribution in [0.2, 0.25) is 0 Å². The van der Waals surface area contributed by atoms with Gasteiger partial charge in [-0.25, -0.2) is 13.4 Å². The van der Waals surface area contributed by atoms with Crippen molar-refractivity contribution in [2.75, 3.05) is 6.54 Å². The van der Waals surface area contributed by atoms with Crippen LogP contribution in [-0.4, -0.2) is 31.3 Å². The Bertz CT molecular complexity index is 789. The fraction of sp³-hybridized carbons (Fsp3) is 0.438. The van der Waals surface area contributed by atoms with Crippen LogP contribution in [0.15, 0.2) is 46.4 Å². The van der Waals surface area contributed by atoms with Gasteiger partial charge in [0.15, 0.2) is 11.6 Å². The van der Waals surface area contributed by atoms with Crippen LogP contribution in [0.1, 0.15) is 31.7 Å². The molecular formula is C16H23N5O2S. The van der Waals surface area contributed by atoms with Gasteiger partial charge in [-0.05, 0) is 43.5 Å². The summed E-state index contributed by atoms with van der Waals surface area (Å²) in [6, 6.07) is 6.63. The van der Waals surface area contributed by atoms with Crippen LogP contribution < -0.4 is 16.8 Å². The summed E-state index contributed by atoms with van der Waals surface area (Å²) in [6.07, 6.45) is 6.09. The summed E-state index contributed by atoms with van der Waals surface area (Å²) >= 11 is 0. The van der Waals surface area contributed by atoms with Crippen molar-refractivity contribution in [1.29, 1.82) is 0 Å². The number of guanidine groups is 1. The molecule has 2 unspecified atom stereocenters. The van der Waals surface area contributed by atoms with Crippen LogP contribution >= 0.6 is 0 Å². The van der Waals surface area contributed by atoms with Gasteiger partial charge >= 0.3 is 0 Å². The first kappa shape index (κ1) is 16.9. The highest BCUT2D eigenvalue weighted by Gasteiger charge is 2.33. The molecule has 1 aromatic carbocycles. The molecule has 0 bridgehead atoms. The number of sulfonamides is 1. The zero-order valence-electron chi connectivity index (χ0n) is 13.6. The van der Waals surface area contributed by atoms with Crippen LogP contribution in [0.25, 0.3) is 0 Å². The number of rotatable bonds is 3. The minimum Gasteiger partial charge on any atom is -0.370 e. The zero-order chi connectivity index (χ0) is 17.4. The summed E-state index contributed by atoms with van der Waals surface area (Å²) < 4.78 is 27.6. The van der Waals surface area contributed by atoms with E-state index in [9.17, 15) is 8.42 Å². The summed E-state index contributed by atoms with van der Waals surface area (Å²) in [5.41, 5.74) is 11.4. The predicted octanol–water partition coefficient (Wildman–Crippen LogP) is 0.793. The molecule has 7 nitrogen and oxygen atoms in total. The van der Waals surface area contributed by atoms with Gasteiger partial charge in [0.2, 0.25) is 10.0 Å². The van der Waals surface area contributed by atoms with E-state index in [-0.39, 0.29) is 16.9 Å². The van der Waals surface area contributed by atoms with Crippen LogP contribution in [0.5, 0.6) is 0 Å². The van der Waals surface area contributed by atoms with Crippen molar-refractivity contribution in [1.82, 2.24) is 9.62 Å². The smallest absolute Gasteiger partial charge is 0.243 e. The fourth-order valence-corrected chi connectivity index (χ4v) is 4.90. The van der Waals surface area contributed by atoms with Crippen molar-refractivity contribution >= 4 is 16.0 Å². The van der Waals surface area contributed by atoms with Gasteiger partial charge < -0.3 is 11.1 Å². The van der Waals surface area contributed by atoms with Crippen LogP contribution in [0.4, 0.5) is 0 Å². The van der Waals surface area contributed by atoms with Crippen molar-refractivity contribution in [3.8, 4) is 0 Å². The van der Waals surface area contributed by atoms with E-state index in [4.69, 9.17) is 11.5 Å². The molecule has 130 valence electrons. The maximum Gasteiger partial charge on any atom is 0.243 e. The average Bonchev–Trinajstić information content (AvgIpc) is 2.55. The average molecular weight is 349 g/mol. The quantitative estimate of drug-likeness (QED) is 0.746. The van der Waals surface area contributed by atoms with Gasteiger partial charge in [0.05, 0.1) is 4.90 Å². The third kappa shape index (κ3) is 3.04. The Hall–Kier alpha value is -1.90. The Balaban J connectivity index is 1.99. The number of nitrogens with zero attached hydrogens (tertiary/aromatic N) is 2. The van der Waals surface area contributed by atoms with E-state index >= 15 is 0 Å². The van der Waals surface area contributed by atoms with E-state index in [0.29, 0.717) is 12.1 Å². The lowest BCUT2D eigenvalue weighted by Crippen LogP contribution is -2.43. The molecule has 8 heteroatoms. The Morgan fingerprint density at radius 3 is 2.88 bits per heavy atom. The Kier molecular flexibility index (Phi) is 4.37. The first-order valence-corrected chi connectivity index (χ1v) is 9.48. The summed E-state index contributed by atoms with van der Waals surface area (Å²) in [5, 5.41) is 2.75. The van der Waals surface area contributed by atoms with Gasteiger partial charge in [-0.15, -0.1) is 0 Å². The Morgan fingerprint density at radius 1 is 1.38 bits per heavy atom.